The summed E-state index contributed by atoms with van der Waals surface area (Å²) in [6.07, 6.45) is 1.22. The maximum absolute atomic E-state index is 12.9. The zero-order valence-corrected chi connectivity index (χ0v) is 19.9. The van der Waals surface area contributed by atoms with Crippen LogP contribution in [-0.2, 0) is 30.4 Å². The van der Waals surface area contributed by atoms with Gasteiger partial charge in [-0.3, -0.25) is 19.2 Å². The quantitative estimate of drug-likeness (QED) is 0.122. The number of thioether (sulfide) groups is 1. The minimum atomic E-state index is -1.46. The molecule has 4 unspecified atom stereocenters. The highest BCUT2D eigenvalue weighted by atomic mass is 32.2. The molecule has 0 aromatic heterocycles. The summed E-state index contributed by atoms with van der Waals surface area (Å²) in [6, 6.07) is 0.470. The van der Waals surface area contributed by atoms with Crippen molar-refractivity contribution in [1.29, 1.82) is 0 Å². The third-order valence-electron chi connectivity index (χ3n) is 4.81. The number of phenolic OH excluding ortho intramolecular Hbond substituents is 1. The van der Waals surface area contributed by atoms with E-state index in [-0.39, 0.29) is 18.6 Å². The molecule has 0 bridgehead atoms. The summed E-state index contributed by atoms with van der Waals surface area (Å²) in [5, 5.41) is 35.0. The lowest BCUT2D eigenvalue weighted by atomic mass is 10.0. The number of carboxylic acids is 1. The molecule has 1 aromatic rings. The second kappa shape index (κ2) is 14.8. The number of carboxylic acid groups (broad SMARTS) is 1. The molecule has 0 spiro atoms. The summed E-state index contributed by atoms with van der Waals surface area (Å²) in [7, 11) is 0. The van der Waals surface area contributed by atoms with Crippen molar-refractivity contribution >= 4 is 41.4 Å². The monoisotopic (exact) mass is 513 g/mol. The number of rotatable bonds is 15. The Bertz CT molecular complexity index is 898. The van der Waals surface area contributed by atoms with Crippen molar-refractivity contribution in [2.45, 2.75) is 43.4 Å². The second-order valence-corrected chi connectivity index (χ2v) is 8.62. The summed E-state index contributed by atoms with van der Waals surface area (Å²) in [5.41, 5.74) is 11.1. The Morgan fingerprint density at radius 3 is 2.00 bits per heavy atom. The van der Waals surface area contributed by atoms with E-state index < -0.39 is 66.8 Å². The first-order chi connectivity index (χ1) is 16.5. The van der Waals surface area contributed by atoms with Crippen molar-refractivity contribution in [3.63, 3.8) is 0 Å². The molecule has 0 aliphatic carbocycles. The lowest BCUT2D eigenvalue weighted by Gasteiger charge is -2.24. The normalized spacial score (nSPS) is 14.1. The van der Waals surface area contributed by atoms with Crippen molar-refractivity contribution in [2.75, 3.05) is 18.6 Å². The molecule has 4 amide bonds. The van der Waals surface area contributed by atoms with Gasteiger partial charge in [0.2, 0.25) is 23.6 Å². The fourth-order valence-corrected chi connectivity index (χ4v) is 3.36. The molecule has 35 heavy (non-hydrogen) atoms. The Balaban J connectivity index is 2.99. The van der Waals surface area contributed by atoms with Gasteiger partial charge in [-0.1, -0.05) is 12.1 Å². The van der Waals surface area contributed by atoms with Crippen molar-refractivity contribution in [2.24, 2.45) is 11.5 Å². The lowest BCUT2D eigenvalue weighted by molar-refractivity contribution is -0.142. The Labute approximate surface area is 206 Å². The molecule has 13 nitrogen and oxygen atoms in total. The molecule has 194 valence electrons. The van der Waals surface area contributed by atoms with Crippen LogP contribution in [0.15, 0.2) is 24.3 Å². The first-order valence-corrected chi connectivity index (χ1v) is 11.9. The van der Waals surface area contributed by atoms with Gasteiger partial charge in [0.05, 0.1) is 13.0 Å². The van der Waals surface area contributed by atoms with Crippen LogP contribution in [0.2, 0.25) is 0 Å². The van der Waals surface area contributed by atoms with E-state index in [2.05, 4.69) is 16.0 Å². The van der Waals surface area contributed by atoms with Gasteiger partial charge in [-0.25, -0.2) is 4.79 Å². The fraction of sp³-hybridized carbons (Fsp3) is 0.476. The van der Waals surface area contributed by atoms with Crippen molar-refractivity contribution in [1.82, 2.24) is 16.0 Å². The average molecular weight is 514 g/mol. The number of phenols is 1. The molecular formula is C21H31N5O8S. The van der Waals surface area contributed by atoms with E-state index in [0.717, 1.165) is 0 Å². The van der Waals surface area contributed by atoms with Gasteiger partial charge in [0.1, 0.15) is 29.9 Å². The van der Waals surface area contributed by atoms with Crippen LogP contribution in [0.1, 0.15) is 18.4 Å². The molecule has 0 saturated carbocycles. The SMILES string of the molecule is CSCCC(NC(=O)C(CC(N)=O)NC(=O)C(N)CO)C(=O)NC(Cc1ccc(O)cc1)C(=O)O. The number of aliphatic hydroxyl groups excluding tert-OH is 1. The number of carbonyl (C=O) groups excluding carboxylic acids is 4. The summed E-state index contributed by atoms with van der Waals surface area (Å²) >= 11 is 1.38. The predicted octanol–water partition coefficient (Wildman–Crippen LogP) is -2.58. The Morgan fingerprint density at radius 1 is 0.943 bits per heavy atom. The molecule has 0 aliphatic heterocycles. The molecule has 1 rings (SSSR count). The Hall–Kier alpha value is -3.36. The number of amides is 4. The number of aliphatic carboxylic acids is 1. The molecular weight excluding hydrogens is 482 g/mol. The molecule has 0 heterocycles. The molecule has 0 aliphatic rings. The number of benzene rings is 1. The first kappa shape index (κ1) is 29.7. The number of nitrogens with one attached hydrogen (secondary N) is 3. The van der Waals surface area contributed by atoms with E-state index in [4.69, 9.17) is 16.6 Å². The van der Waals surface area contributed by atoms with Crippen LogP contribution in [0.3, 0.4) is 0 Å². The average Bonchev–Trinajstić information content (AvgIpc) is 2.80. The van der Waals surface area contributed by atoms with E-state index in [9.17, 15) is 34.2 Å². The Morgan fingerprint density at radius 2 is 1.49 bits per heavy atom. The van der Waals surface area contributed by atoms with E-state index in [0.29, 0.717) is 11.3 Å². The van der Waals surface area contributed by atoms with Crippen LogP contribution in [0.5, 0.6) is 5.75 Å². The molecule has 0 fully saturated rings. The Kier molecular flexibility index (Phi) is 12.6. The summed E-state index contributed by atoms with van der Waals surface area (Å²) in [4.78, 5) is 60.8. The zero-order valence-electron chi connectivity index (χ0n) is 19.1. The van der Waals surface area contributed by atoms with Gasteiger partial charge in [0.15, 0.2) is 0 Å². The summed E-state index contributed by atoms with van der Waals surface area (Å²) < 4.78 is 0. The number of hydrogen-bond acceptors (Lipinski definition) is 9. The highest BCUT2D eigenvalue weighted by Gasteiger charge is 2.31. The third-order valence-corrected chi connectivity index (χ3v) is 5.45. The largest absolute Gasteiger partial charge is 0.508 e. The van der Waals surface area contributed by atoms with E-state index in [1.54, 1.807) is 6.26 Å². The topological polar surface area (TPSA) is 234 Å². The first-order valence-electron chi connectivity index (χ1n) is 10.5. The van der Waals surface area contributed by atoms with Crippen LogP contribution < -0.4 is 27.4 Å². The summed E-state index contributed by atoms with van der Waals surface area (Å²) in [6.45, 7) is -0.701. The molecule has 4 atom stereocenters. The zero-order chi connectivity index (χ0) is 26.5. The third kappa shape index (κ3) is 10.6. The van der Waals surface area contributed by atoms with Gasteiger partial charge in [0, 0.05) is 6.42 Å². The molecule has 10 N–H and O–H groups in total. The fourth-order valence-electron chi connectivity index (χ4n) is 2.89. The van der Waals surface area contributed by atoms with Crippen LogP contribution in [-0.4, -0.2) is 87.7 Å². The van der Waals surface area contributed by atoms with Crippen LogP contribution >= 0.6 is 11.8 Å². The molecule has 1 aromatic carbocycles. The van der Waals surface area contributed by atoms with Crippen LogP contribution in [0, 0.1) is 0 Å². The second-order valence-electron chi connectivity index (χ2n) is 7.63. The minimum absolute atomic E-state index is 0.00190. The number of hydrogen-bond donors (Lipinski definition) is 8. The maximum Gasteiger partial charge on any atom is 0.326 e. The van der Waals surface area contributed by atoms with E-state index in [1.165, 1.54) is 36.0 Å². The number of aromatic hydroxyl groups is 1. The minimum Gasteiger partial charge on any atom is -0.508 e. The van der Waals surface area contributed by atoms with Crippen LogP contribution in [0.4, 0.5) is 0 Å². The van der Waals surface area contributed by atoms with E-state index in [1.807, 2.05) is 0 Å². The molecule has 14 heteroatoms. The van der Waals surface area contributed by atoms with Gasteiger partial charge in [-0.15, -0.1) is 0 Å². The number of nitrogens with two attached hydrogens (primary N) is 2. The van der Waals surface area contributed by atoms with E-state index >= 15 is 0 Å². The van der Waals surface area contributed by atoms with Gasteiger partial charge in [0.25, 0.3) is 0 Å². The highest BCUT2D eigenvalue weighted by molar-refractivity contribution is 7.98. The molecule has 0 radical (unpaired) electrons. The van der Waals surface area contributed by atoms with Crippen molar-refractivity contribution in [3.05, 3.63) is 29.8 Å². The smallest absolute Gasteiger partial charge is 0.326 e. The van der Waals surface area contributed by atoms with Crippen LogP contribution in [0.25, 0.3) is 0 Å². The summed E-state index contributed by atoms with van der Waals surface area (Å²) in [5.74, 6) is -4.38. The lowest BCUT2D eigenvalue weighted by Crippen LogP contribution is -2.58. The molecule has 0 saturated heterocycles. The van der Waals surface area contributed by atoms with Gasteiger partial charge < -0.3 is 42.7 Å². The van der Waals surface area contributed by atoms with Crippen molar-refractivity contribution in [3.8, 4) is 5.75 Å². The van der Waals surface area contributed by atoms with Gasteiger partial charge >= 0.3 is 5.97 Å². The predicted molar refractivity (Wildman–Crippen MR) is 127 cm³/mol. The standard InChI is InChI=1S/C21H31N5O8S/c1-35-7-6-14(24-20(32)15(9-17(23)29)25-18(30)13(22)10-27)19(31)26-16(21(33)34)8-11-2-4-12(28)5-3-11/h2-5,13-16,27-28H,6-10,22H2,1H3,(H2,23,29)(H,24,32)(H,25,30)(H,26,31)(H,33,34). The van der Waals surface area contributed by atoms with Gasteiger partial charge in [-0.2, -0.15) is 11.8 Å². The van der Waals surface area contributed by atoms with Gasteiger partial charge in [-0.05, 0) is 36.1 Å². The number of primary amides is 1. The number of aliphatic hydroxyl groups is 1. The highest BCUT2D eigenvalue weighted by Crippen LogP contribution is 2.12. The maximum atomic E-state index is 12.9. The number of carbonyl (C=O) groups is 5. The van der Waals surface area contributed by atoms with Crippen molar-refractivity contribution < 1.29 is 39.3 Å².